The summed E-state index contributed by atoms with van der Waals surface area (Å²) in [7, 11) is 0. The minimum atomic E-state index is 0.0740. The Hall–Kier alpha value is -2.54. The van der Waals surface area contributed by atoms with Crippen LogP contribution in [0, 0.1) is 0 Å². The zero-order valence-corrected chi connectivity index (χ0v) is 15.2. The van der Waals surface area contributed by atoms with Crippen LogP contribution in [0.5, 0.6) is 0 Å². The second kappa shape index (κ2) is 7.37. The first-order chi connectivity index (χ1) is 12.7. The lowest BCUT2D eigenvalue weighted by molar-refractivity contribution is -0.118. The molecular formula is C19H19N3O3S. The molecule has 1 aliphatic heterocycles. The number of carbonyl (C=O) groups excluding carboxylic acids is 1. The van der Waals surface area contributed by atoms with Crippen molar-refractivity contribution < 1.29 is 13.7 Å². The van der Waals surface area contributed by atoms with E-state index in [1.54, 1.807) is 18.4 Å². The van der Waals surface area contributed by atoms with Gasteiger partial charge in [-0.3, -0.25) is 4.79 Å². The molecule has 0 spiro atoms. The summed E-state index contributed by atoms with van der Waals surface area (Å²) >= 11 is 1.82. The van der Waals surface area contributed by atoms with E-state index in [1.807, 2.05) is 34.9 Å². The highest BCUT2D eigenvalue weighted by molar-refractivity contribution is 8.00. The van der Waals surface area contributed by atoms with Gasteiger partial charge in [0, 0.05) is 29.5 Å². The molecule has 1 aromatic carbocycles. The van der Waals surface area contributed by atoms with Crippen LogP contribution >= 0.6 is 11.8 Å². The molecule has 0 aliphatic carbocycles. The van der Waals surface area contributed by atoms with Crippen molar-refractivity contribution in [2.75, 3.05) is 11.4 Å². The van der Waals surface area contributed by atoms with Crippen molar-refractivity contribution >= 4 is 23.4 Å². The normalized spacial score (nSPS) is 17.0. The Labute approximate surface area is 155 Å². The third-order valence-electron chi connectivity index (χ3n) is 4.31. The van der Waals surface area contributed by atoms with Gasteiger partial charge in [0.15, 0.2) is 5.76 Å². The van der Waals surface area contributed by atoms with Crippen molar-refractivity contribution in [1.82, 2.24) is 10.1 Å². The van der Waals surface area contributed by atoms with E-state index in [1.165, 1.54) is 0 Å². The molecule has 6 nitrogen and oxygen atoms in total. The number of thioether (sulfide) groups is 1. The van der Waals surface area contributed by atoms with E-state index in [-0.39, 0.29) is 5.91 Å². The van der Waals surface area contributed by atoms with Crippen molar-refractivity contribution in [1.29, 1.82) is 0 Å². The van der Waals surface area contributed by atoms with Crippen molar-refractivity contribution in [3.05, 3.63) is 48.6 Å². The fourth-order valence-corrected chi connectivity index (χ4v) is 4.07. The lowest BCUT2D eigenvalue weighted by Crippen LogP contribution is -2.32. The molecule has 0 bridgehead atoms. The van der Waals surface area contributed by atoms with Crippen LogP contribution < -0.4 is 4.90 Å². The van der Waals surface area contributed by atoms with Gasteiger partial charge in [0.05, 0.1) is 12.0 Å². The molecule has 0 saturated heterocycles. The van der Waals surface area contributed by atoms with Crippen LogP contribution in [0.2, 0.25) is 0 Å². The summed E-state index contributed by atoms with van der Waals surface area (Å²) < 4.78 is 10.5. The molecule has 0 N–H and O–H groups in total. The van der Waals surface area contributed by atoms with E-state index < -0.39 is 0 Å². The first-order valence-electron chi connectivity index (χ1n) is 8.63. The SMILES string of the molecule is CC1CCN(C(=O)CCc2nc(-c3ccco3)no2)c2ccccc2S1. The average molecular weight is 369 g/mol. The van der Waals surface area contributed by atoms with Gasteiger partial charge in [0.2, 0.25) is 17.6 Å². The number of carbonyl (C=O) groups is 1. The van der Waals surface area contributed by atoms with Gasteiger partial charge in [0.25, 0.3) is 0 Å². The second-order valence-corrected chi connectivity index (χ2v) is 7.70. The molecule has 4 rings (SSSR count). The van der Waals surface area contributed by atoms with Crippen molar-refractivity contribution in [3.8, 4) is 11.6 Å². The number of rotatable bonds is 4. The third kappa shape index (κ3) is 3.53. The summed E-state index contributed by atoms with van der Waals surface area (Å²) in [6, 6.07) is 11.6. The zero-order valence-electron chi connectivity index (χ0n) is 14.4. The van der Waals surface area contributed by atoms with E-state index in [2.05, 4.69) is 23.1 Å². The van der Waals surface area contributed by atoms with Crippen LogP contribution in [0.25, 0.3) is 11.6 Å². The highest BCUT2D eigenvalue weighted by atomic mass is 32.2. The Morgan fingerprint density at radius 1 is 1.31 bits per heavy atom. The molecular weight excluding hydrogens is 350 g/mol. The molecule has 0 radical (unpaired) electrons. The number of anilines is 1. The lowest BCUT2D eigenvalue weighted by atomic mass is 10.2. The summed E-state index contributed by atoms with van der Waals surface area (Å²) in [5.41, 5.74) is 0.994. The van der Waals surface area contributed by atoms with Gasteiger partial charge in [0.1, 0.15) is 0 Å². The number of para-hydroxylation sites is 1. The maximum Gasteiger partial charge on any atom is 0.238 e. The van der Waals surface area contributed by atoms with Crippen molar-refractivity contribution in [2.45, 2.75) is 36.3 Å². The summed E-state index contributed by atoms with van der Waals surface area (Å²) in [6.07, 6.45) is 3.26. The number of benzene rings is 1. The Morgan fingerprint density at radius 2 is 2.19 bits per heavy atom. The molecule has 7 heteroatoms. The standard InChI is InChI=1S/C19H19N3O3S/c1-13-10-11-22(14-5-2-3-7-16(14)26-13)18(23)9-8-17-20-19(21-25-17)15-6-4-12-24-15/h2-7,12-13H,8-11H2,1H3. The van der Waals surface area contributed by atoms with Crippen LogP contribution in [0.4, 0.5) is 5.69 Å². The number of hydrogen-bond acceptors (Lipinski definition) is 6. The van der Waals surface area contributed by atoms with Crippen molar-refractivity contribution in [3.63, 3.8) is 0 Å². The predicted octanol–water partition coefficient (Wildman–Crippen LogP) is 4.18. The van der Waals surface area contributed by atoms with E-state index in [4.69, 9.17) is 8.94 Å². The maximum absolute atomic E-state index is 12.8. The molecule has 26 heavy (non-hydrogen) atoms. The fraction of sp³-hybridized carbons (Fsp3) is 0.316. The Morgan fingerprint density at radius 3 is 3.04 bits per heavy atom. The molecule has 0 saturated carbocycles. The molecule has 1 aliphatic rings. The summed E-state index contributed by atoms with van der Waals surface area (Å²) in [4.78, 5) is 20.2. The van der Waals surface area contributed by atoms with Gasteiger partial charge in [-0.05, 0) is 30.7 Å². The highest BCUT2D eigenvalue weighted by Crippen LogP contribution is 2.37. The summed E-state index contributed by atoms with van der Waals surface area (Å²) in [6.45, 7) is 2.93. The number of hydrogen-bond donors (Lipinski definition) is 0. The monoisotopic (exact) mass is 369 g/mol. The van der Waals surface area contributed by atoms with E-state index in [0.29, 0.717) is 35.6 Å². The molecule has 3 heterocycles. The number of aromatic nitrogens is 2. The third-order valence-corrected chi connectivity index (χ3v) is 5.54. The number of fused-ring (bicyclic) bond motifs is 1. The van der Waals surface area contributed by atoms with Crippen LogP contribution in [-0.4, -0.2) is 27.8 Å². The number of nitrogens with zero attached hydrogens (tertiary/aromatic N) is 3. The van der Waals surface area contributed by atoms with Gasteiger partial charge in [-0.1, -0.05) is 24.2 Å². The van der Waals surface area contributed by atoms with E-state index in [9.17, 15) is 4.79 Å². The highest BCUT2D eigenvalue weighted by Gasteiger charge is 2.24. The van der Waals surface area contributed by atoms with E-state index in [0.717, 1.165) is 23.5 Å². The lowest BCUT2D eigenvalue weighted by Gasteiger charge is -2.22. The van der Waals surface area contributed by atoms with Gasteiger partial charge in [-0.15, -0.1) is 11.8 Å². The van der Waals surface area contributed by atoms with Crippen LogP contribution in [0.3, 0.4) is 0 Å². The number of aryl methyl sites for hydroxylation is 1. The molecule has 0 fully saturated rings. The molecule has 1 unspecified atom stereocenters. The van der Waals surface area contributed by atoms with Gasteiger partial charge < -0.3 is 13.8 Å². The number of amides is 1. The second-order valence-electron chi connectivity index (χ2n) is 6.22. The van der Waals surface area contributed by atoms with Gasteiger partial charge in [-0.25, -0.2) is 0 Å². The topological polar surface area (TPSA) is 72.4 Å². The molecule has 1 atom stereocenters. The predicted molar refractivity (Wildman–Crippen MR) is 99.1 cm³/mol. The molecule has 134 valence electrons. The first-order valence-corrected chi connectivity index (χ1v) is 9.51. The van der Waals surface area contributed by atoms with Crippen LogP contribution in [-0.2, 0) is 11.2 Å². The zero-order chi connectivity index (χ0) is 17.9. The summed E-state index contributed by atoms with van der Waals surface area (Å²) in [5, 5.41) is 4.39. The fourth-order valence-electron chi connectivity index (χ4n) is 2.96. The minimum Gasteiger partial charge on any atom is -0.461 e. The average Bonchev–Trinajstić information content (AvgIpc) is 3.29. The number of furan rings is 1. The first kappa shape index (κ1) is 16.9. The van der Waals surface area contributed by atoms with Crippen LogP contribution in [0.1, 0.15) is 25.7 Å². The van der Waals surface area contributed by atoms with Gasteiger partial charge in [-0.2, -0.15) is 4.98 Å². The van der Waals surface area contributed by atoms with Crippen LogP contribution in [0.15, 0.2) is 56.5 Å². The maximum atomic E-state index is 12.8. The minimum absolute atomic E-state index is 0.0740. The smallest absolute Gasteiger partial charge is 0.238 e. The quantitative estimate of drug-likeness (QED) is 0.687. The van der Waals surface area contributed by atoms with Gasteiger partial charge >= 0.3 is 0 Å². The Balaban J connectivity index is 1.45. The van der Waals surface area contributed by atoms with Crippen molar-refractivity contribution in [2.24, 2.45) is 0 Å². The molecule has 3 aromatic rings. The molecule has 1 amide bonds. The Kier molecular flexibility index (Phi) is 4.79. The molecule has 2 aromatic heterocycles. The summed E-state index contributed by atoms with van der Waals surface area (Å²) in [5.74, 6) is 1.47. The van der Waals surface area contributed by atoms with E-state index >= 15 is 0 Å². The largest absolute Gasteiger partial charge is 0.461 e. The Bertz CT molecular complexity index is 891.